The van der Waals surface area contributed by atoms with Gasteiger partial charge in [0, 0.05) is 37.9 Å². The van der Waals surface area contributed by atoms with E-state index in [0.29, 0.717) is 26.1 Å². The van der Waals surface area contributed by atoms with Crippen LogP contribution in [-0.4, -0.2) is 60.4 Å². The first-order valence-corrected chi connectivity index (χ1v) is 11.1. The summed E-state index contributed by atoms with van der Waals surface area (Å²) in [6.45, 7) is 2.21. The van der Waals surface area contributed by atoms with Crippen molar-refractivity contribution in [2.75, 3.05) is 26.2 Å². The predicted octanol–water partition coefficient (Wildman–Crippen LogP) is 1.11. The molecule has 5 unspecified atom stereocenters. The zero-order valence-electron chi connectivity index (χ0n) is 17.3. The van der Waals surface area contributed by atoms with Gasteiger partial charge in [0.05, 0.1) is 17.6 Å². The van der Waals surface area contributed by atoms with Gasteiger partial charge in [-0.1, -0.05) is 25.7 Å². The Labute approximate surface area is 180 Å². The van der Waals surface area contributed by atoms with Crippen molar-refractivity contribution in [1.29, 1.82) is 0 Å². The standard InChI is InChI=1S/C21H37N3O4.ClH/c25-17-7-3-1-5-15(17)12-23-19(27)11-21(9-10-22-14-21)20(28)24-13-16-6-2-4-8-18(16)26;/h15-18,22,25-26H,1-14H2,(H,23,27)(H,24,28);1H. The lowest BCUT2D eigenvalue weighted by Gasteiger charge is -2.31. The summed E-state index contributed by atoms with van der Waals surface area (Å²) < 4.78 is 0. The van der Waals surface area contributed by atoms with Gasteiger partial charge in [0.25, 0.3) is 0 Å². The maximum absolute atomic E-state index is 13.0. The second-order valence-corrected chi connectivity index (χ2v) is 9.12. The fourth-order valence-corrected chi connectivity index (χ4v) is 5.05. The molecule has 1 aliphatic heterocycles. The minimum atomic E-state index is -0.713. The first-order chi connectivity index (χ1) is 13.5. The molecule has 8 heteroatoms. The van der Waals surface area contributed by atoms with Gasteiger partial charge < -0.3 is 26.2 Å². The van der Waals surface area contributed by atoms with Gasteiger partial charge in [0.15, 0.2) is 0 Å². The molecule has 0 spiro atoms. The SMILES string of the molecule is Cl.O=C(CC1(C(=O)NCC2CCCCC2O)CCNC1)NCC1CCCCC1O. The maximum atomic E-state index is 13.0. The molecule has 3 fully saturated rings. The summed E-state index contributed by atoms with van der Waals surface area (Å²) >= 11 is 0. The summed E-state index contributed by atoms with van der Waals surface area (Å²) in [4.78, 5) is 25.5. The van der Waals surface area contributed by atoms with Gasteiger partial charge in [-0.3, -0.25) is 9.59 Å². The van der Waals surface area contributed by atoms with Crippen LogP contribution in [0.5, 0.6) is 0 Å². The number of rotatable bonds is 7. The smallest absolute Gasteiger partial charge is 0.228 e. The van der Waals surface area contributed by atoms with Crippen LogP contribution >= 0.6 is 12.4 Å². The molecule has 2 aliphatic carbocycles. The predicted molar refractivity (Wildman–Crippen MR) is 114 cm³/mol. The Balaban J connectivity index is 0.00000300. The molecule has 168 valence electrons. The van der Waals surface area contributed by atoms with Gasteiger partial charge in [-0.05, 0) is 38.6 Å². The molecule has 2 saturated carbocycles. The molecular weight excluding hydrogens is 394 g/mol. The summed E-state index contributed by atoms with van der Waals surface area (Å²) in [5.41, 5.74) is -0.713. The largest absolute Gasteiger partial charge is 0.393 e. The monoisotopic (exact) mass is 431 g/mol. The van der Waals surface area contributed by atoms with E-state index in [4.69, 9.17) is 0 Å². The molecule has 7 nitrogen and oxygen atoms in total. The Kier molecular flexibility index (Phi) is 9.66. The first-order valence-electron chi connectivity index (χ1n) is 11.1. The van der Waals surface area contributed by atoms with Crippen molar-refractivity contribution < 1.29 is 19.8 Å². The number of aliphatic hydroxyl groups is 2. The molecule has 1 heterocycles. The van der Waals surface area contributed by atoms with Crippen LogP contribution < -0.4 is 16.0 Å². The summed E-state index contributed by atoms with van der Waals surface area (Å²) in [5.74, 6) is 0.0418. The van der Waals surface area contributed by atoms with E-state index in [1.807, 2.05) is 0 Å². The Hall–Kier alpha value is -0.890. The van der Waals surface area contributed by atoms with E-state index in [-0.39, 0.29) is 54.7 Å². The molecule has 3 rings (SSSR count). The highest BCUT2D eigenvalue weighted by molar-refractivity contribution is 5.89. The third kappa shape index (κ3) is 6.54. The lowest BCUT2D eigenvalue weighted by molar-refractivity contribution is -0.136. The molecule has 5 N–H and O–H groups in total. The average Bonchev–Trinajstić information content (AvgIpc) is 3.16. The van der Waals surface area contributed by atoms with Crippen LogP contribution in [0.3, 0.4) is 0 Å². The number of hydrogen-bond acceptors (Lipinski definition) is 5. The molecule has 1 saturated heterocycles. The number of carbonyl (C=O) groups excluding carboxylic acids is 2. The molecule has 2 amide bonds. The number of nitrogens with one attached hydrogen (secondary N) is 3. The van der Waals surface area contributed by atoms with Crippen molar-refractivity contribution in [2.24, 2.45) is 17.3 Å². The number of carbonyl (C=O) groups is 2. The molecular formula is C21H38ClN3O4. The van der Waals surface area contributed by atoms with Crippen LogP contribution in [0.2, 0.25) is 0 Å². The second kappa shape index (κ2) is 11.5. The Morgan fingerprint density at radius 2 is 1.45 bits per heavy atom. The summed E-state index contributed by atoms with van der Waals surface area (Å²) in [6, 6.07) is 0. The minimum absolute atomic E-state index is 0. The van der Waals surface area contributed by atoms with Crippen molar-refractivity contribution in [3.8, 4) is 0 Å². The molecule has 5 atom stereocenters. The van der Waals surface area contributed by atoms with E-state index in [2.05, 4.69) is 16.0 Å². The molecule has 0 aromatic heterocycles. The van der Waals surface area contributed by atoms with Crippen LogP contribution in [0.1, 0.15) is 64.2 Å². The average molecular weight is 432 g/mol. The molecule has 0 aromatic carbocycles. The molecule has 0 bridgehead atoms. The lowest BCUT2D eigenvalue weighted by atomic mass is 9.81. The van der Waals surface area contributed by atoms with Crippen molar-refractivity contribution in [1.82, 2.24) is 16.0 Å². The van der Waals surface area contributed by atoms with Gasteiger partial charge in [-0.15, -0.1) is 12.4 Å². The normalized spacial score (nSPS) is 34.8. The van der Waals surface area contributed by atoms with Gasteiger partial charge in [-0.25, -0.2) is 0 Å². The van der Waals surface area contributed by atoms with Crippen LogP contribution in [0.25, 0.3) is 0 Å². The topological polar surface area (TPSA) is 111 Å². The molecule has 29 heavy (non-hydrogen) atoms. The zero-order chi connectivity index (χ0) is 20.0. The van der Waals surface area contributed by atoms with Crippen LogP contribution in [0, 0.1) is 17.3 Å². The van der Waals surface area contributed by atoms with Gasteiger partial charge >= 0.3 is 0 Å². The Morgan fingerprint density at radius 3 is 1.97 bits per heavy atom. The van der Waals surface area contributed by atoms with Crippen molar-refractivity contribution in [2.45, 2.75) is 76.4 Å². The van der Waals surface area contributed by atoms with E-state index < -0.39 is 5.41 Å². The molecule has 3 aliphatic rings. The summed E-state index contributed by atoms with van der Waals surface area (Å²) in [6.07, 6.45) is 7.94. The van der Waals surface area contributed by atoms with Gasteiger partial charge in [0.1, 0.15) is 0 Å². The number of aliphatic hydroxyl groups excluding tert-OH is 2. The Bertz CT molecular complexity index is 542. The van der Waals surface area contributed by atoms with Crippen LogP contribution in [0.4, 0.5) is 0 Å². The number of halogens is 1. The first kappa shape index (κ1) is 24.4. The van der Waals surface area contributed by atoms with E-state index in [1.54, 1.807) is 0 Å². The highest BCUT2D eigenvalue weighted by Crippen LogP contribution is 2.31. The fourth-order valence-electron chi connectivity index (χ4n) is 5.05. The quantitative estimate of drug-likeness (QED) is 0.414. The third-order valence-corrected chi connectivity index (χ3v) is 7.05. The number of amides is 2. The zero-order valence-corrected chi connectivity index (χ0v) is 18.1. The fraction of sp³-hybridized carbons (Fsp3) is 0.905. The van der Waals surface area contributed by atoms with Crippen molar-refractivity contribution in [3.05, 3.63) is 0 Å². The lowest BCUT2D eigenvalue weighted by Crippen LogP contribution is -2.48. The van der Waals surface area contributed by atoms with E-state index in [9.17, 15) is 19.8 Å². The highest BCUT2D eigenvalue weighted by Gasteiger charge is 2.43. The minimum Gasteiger partial charge on any atom is -0.393 e. The van der Waals surface area contributed by atoms with Crippen LogP contribution in [0.15, 0.2) is 0 Å². The van der Waals surface area contributed by atoms with Crippen molar-refractivity contribution in [3.63, 3.8) is 0 Å². The number of hydrogen-bond donors (Lipinski definition) is 5. The van der Waals surface area contributed by atoms with E-state index >= 15 is 0 Å². The van der Waals surface area contributed by atoms with Gasteiger partial charge in [-0.2, -0.15) is 0 Å². The second-order valence-electron chi connectivity index (χ2n) is 9.12. The van der Waals surface area contributed by atoms with Crippen LogP contribution in [-0.2, 0) is 9.59 Å². The third-order valence-electron chi connectivity index (χ3n) is 7.05. The molecule has 0 aromatic rings. The van der Waals surface area contributed by atoms with Gasteiger partial charge in [0.2, 0.25) is 11.8 Å². The van der Waals surface area contributed by atoms with E-state index in [1.165, 1.54) is 0 Å². The summed E-state index contributed by atoms with van der Waals surface area (Å²) in [7, 11) is 0. The molecule has 0 radical (unpaired) electrons. The van der Waals surface area contributed by atoms with Crippen molar-refractivity contribution >= 4 is 24.2 Å². The Morgan fingerprint density at radius 1 is 0.897 bits per heavy atom. The highest BCUT2D eigenvalue weighted by atomic mass is 35.5. The maximum Gasteiger partial charge on any atom is 0.228 e. The summed E-state index contributed by atoms with van der Waals surface area (Å²) in [5, 5.41) is 29.4. The van der Waals surface area contributed by atoms with E-state index in [0.717, 1.165) is 57.9 Å².